The molecule has 0 saturated heterocycles. The van der Waals surface area contributed by atoms with Gasteiger partial charge in [-0.15, -0.1) is 0 Å². The van der Waals surface area contributed by atoms with Gasteiger partial charge in [0.05, 0.1) is 22.2 Å². The third-order valence-corrected chi connectivity index (χ3v) is 4.75. The number of aromatic nitrogens is 3. The molecule has 0 bridgehead atoms. The molecule has 2 N–H and O–H groups in total. The van der Waals surface area contributed by atoms with Gasteiger partial charge in [0.15, 0.2) is 5.82 Å². The first-order valence-corrected chi connectivity index (χ1v) is 10.2. The van der Waals surface area contributed by atoms with Crippen LogP contribution in [0, 0.1) is 0 Å². The van der Waals surface area contributed by atoms with Gasteiger partial charge in [0, 0.05) is 18.1 Å². The van der Waals surface area contributed by atoms with Gasteiger partial charge in [-0.3, -0.25) is 10.1 Å². The van der Waals surface area contributed by atoms with Gasteiger partial charge in [-0.2, -0.15) is 18.3 Å². The fraction of sp³-hybridized carbons (Fsp3) is 0.238. The zero-order valence-corrected chi connectivity index (χ0v) is 18.6. The van der Waals surface area contributed by atoms with Crippen LogP contribution < -0.4 is 10.6 Å². The third kappa shape index (κ3) is 6.66. The lowest BCUT2D eigenvalue weighted by Gasteiger charge is -2.15. The summed E-state index contributed by atoms with van der Waals surface area (Å²) in [6.07, 6.45) is -6.15. The quantitative estimate of drug-likeness (QED) is 0.417. The number of nitrogens with zero attached hydrogens (tertiary/aromatic N) is 3. The average Bonchev–Trinajstić information content (AvgIpc) is 3.24. The van der Waals surface area contributed by atoms with Crippen molar-refractivity contribution in [2.45, 2.75) is 25.6 Å². The maximum atomic E-state index is 13.5. The van der Waals surface area contributed by atoms with Crippen molar-refractivity contribution < 1.29 is 36.3 Å². The maximum absolute atomic E-state index is 13.5. The number of alkyl halides is 5. The number of amides is 2. The number of anilines is 1. The van der Waals surface area contributed by atoms with Crippen molar-refractivity contribution in [2.75, 3.05) is 11.9 Å². The van der Waals surface area contributed by atoms with Crippen LogP contribution in [0.2, 0.25) is 5.02 Å². The van der Waals surface area contributed by atoms with Gasteiger partial charge in [-0.1, -0.05) is 11.6 Å². The van der Waals surface area contributed by atoms with Crippen molar-refractivity contribution in [3.63, 3.8) is 0 Å². The highest BCUT2D eigenvalue weighted by Gasteiger charge is 2.30. The third-order valence-electron chi connectivity index (χ3n) is 4.45. The van der Waals surface area contributed by atoms with Crippen molar-refractivity contribution in [3.8, 4) is 5.82 Å². The van der Waals surface area contributed by atoms with Crippen molar-refractivity contribution in [3.05, 3.63) is 70.6 Å². The molecular formula is C21H17ClF5N5O3. The first-order chi connectivity index (χ1) is 16.5. The van der Waals surface area contributed by atoms with Crippen molar-refractivity contribution in [1.82, 2.24) is 20.1 Å². The Balaban J connectivity index is 1.59. The number of pyridine rings is 1. The van der Waals surface area contributed by atoms with E-state index < -0.39 is 47.5 Å². The Morgan fingerprint density at radius 3 is 2.46 bits per heavy atom. The van der Waals surface area contributed by atoms with Crippen LogP contribution in [0.5, 0.6) is 0 Å². The molecule has 186 valence electrons. The zero-order chi connectivity index (χ0) is 25.8. The van der Waals surface area contributed by atoms with E-state index >= 15 is 0 Å². The Bertz CT molecular complexity index is 1200. The molecule has 0 radical (unpaired) electrons. The van der Waals surface area contributed by atoms with E-state index in [1.165, 1.54) is 25.3 Å². The molecule has 0 saturated carbocycles. The normalized spacial score (nSPS) is 12.3. The molecule has 3 rings (SSSR count). The summed E-state index contributed by atoms with van der Waals surface area (Å²) in [6, 6.07) is 5.87. The molecule has 0 fully saturated rings. The predicted octanol–water partition coefficient (Wildman–Crippen LogP) is 5.24. The standard InChI is InChI=1S/C21H17ClF5N5O3/c1-11(10-35-20(34)30-13-6-4-12(5-7-13)21(25,26)27)29-19(33)14-9-32(31-16(14)17(23)24)18-15(22)3-2-8-28-18/h2-9,11,17H,10H2,1H3,(H,29,33)(H,30,34)/t11-/m0/s1. The minimum Gasteiger partial charge on any atom is -0.447 e. The van der Waals surface area contributed by atoms with Crippen LogP contribution >= 0.6 is 11.6 Å². The molecule has 0 aliphatic carbocycles. The highest BCUT2D eigenvalue weighted by molar-refractivity contribution is 6.32. The Hall–Kier alpha value is -3.74. The second-order valence-electron chi connectivity index (χ2n) is 7.16. The first-order valence-electron chi connectivity index (χ1n) is 9.86. The molecule has 8 nitrogen and oxygen atoms in total. The lowest BCUT2D eigenvalue weighted by Crippen LogP contribution is -2.37. The Morgan fingerprint density at radius 1 is 1.17 bits per heavy atom. The van der Waals surface area contributed by atoms with E-state index in [1.807, 2.05) is 0 Å². The number of hydrogen-bond acceptors (Lipinski definition) is 5. The summed E-state index contributed by atoms with van der Waals surface area (Å²) in [7, 11) is 0. The van der Waals surface area contributed by atoms with E-state index in [9.17, 15) is 31.5 Å². The second kappa shape index (κ2) is 10.7. The van der Waals surface area contributed by atoms with E-state index in [0.717, 1.165) is 35.1 Å². The van der Waals surface area contributed by atoms with E-state index in [2.05, 4.69) is 20.7 Å². The van der Waals surface area contributed by atoms with Crippen molar-refractivity contribution in [2.24, 2.45) is 0 Å². The largest absolute Gasteiger partial charge is 0.447 e. The molecule has 0 unspecified atom stereocenters. The highest BCUT2D eigenvalue weighted by Crippen LogP contribution is 2.30. The summed E-state index contributed by atoms with van der Waals surface area (Å²) in [5.74, 6) is -0.857. The van der Waals surface area contributed by atoms with E-state index in [1.54, 1.807) is 0 Å². The molecule has 2 aromatic heterocycles. The maximum Gasteiger partial charge on any atom is 0.416 e. The number of halogens is 6. The van der Waals surface area contributed by atoms with Crippen molar-refractivity contribution in [1.29, 1.82) is 0 Å². The summed E-state index contributed by atoms with van der Waals surface area (Å²) in [4.78, 5) is 28.4. The SMILES string of the molecule is C[C@@H](COC(=O)Nc1ccc(C(F)(F)F)cc1)NC(=O)c1cn(-c2ncccc2Cl)nc1C(F)F. The van der Waals surface area contributed by atoms with Gasteiger partial charge in [0.1, 0.15) is 12.3 Å². The predicted molar refractivity (Wildman–Crippen MR) is 115 cm³/mol. The lowest BCUT2D eigenvalue weighted by atomic mass is 10.2. The van der Waals surface area contributed by atoms with E-state index in [-0.39, 0.29) is 23.1 Å². The number of rotatable bonds is 7. The summed E-state index contributed by atoms with van der Waals surface area (Å²) >= 11 is 6.00. The fourth-order valence-corrected chi connectivity index (χ4v) is 3.03. The topological polar surface area (TPSA) is 98.1 Å². The van der Waals surface area contributed by atoms with Crippen LogP contribution in [0.25, 0.3) is 5.82 Å². The summed E-state index contributed by atoms with van der Waals surface area (Å²) in [5, 5.41) is 8.48. The number of ether oxygens (including phenoxy) is 1. The number of carbonyl (C=O) groups excluding carboxylic acids is 2. The van der Waals surface area contributed by atoms with Crippen LogP contribution in [-0.2, 0) is 10.9 Å². The summed E-state index contributed by atoms with van der Waals surface area (Å²) in [6.45, 7) is 1.09. The first kappa shape index (κ1) is 25.9. The van der Waals surface area contributed by atoms with Crippen LogP contribution in [0.15, 0.2) is 48.8 Å². The van der Waals surface area contributed by atoms with Gasteiger partial charge in [-0.05, 0) is 43.3 Å². The molecule has 1 atom stereocenters. The lowest BCUT2D eigenvalue weighted by molar-refractivity contribution is -0.137. The minimum atomic E-state index is -4.52. The molecule has 35 heavy (non-hydrogen) atoms. The fourth-order valence-electron chi connectivity index (χ4n) is 2.82. The molecular weight excluding hydrogens is 501 g/mol. The molecule has 3 aromatic rings. The highest BCUT2D eigenvalue weighted by atomic mass is 35.5. The molecule has 0 aliphatic heterocycles. The van der Waals surface area contributed by atoms with Crippen LogP contribution in [-0.4, -0.2) is 39.4 Å². The monoisotopic (exact) mass is 517 g/mol. The Morgan fingerprint density at radius 2 is 1.86 bits per heavy atom. The minimum absolute atomic E-state index is 0.0476. The smallest absolute Gasteiger partial charge is 0.416 e. The van der Waals surface area contributed by atoms with Crippen LogP contribution in [0.1, 0.15) is 35.0 Å². The van der Waals surface area contributed by atoms with Crippen molar-refractivity contribution >= 4 is 29.3 Å². The molecule has 2 heterocycles. The Kier molecular flexibility index (Phi) is 7.89. The number of hydrogen-bond donors (Lipinski definition) is 2. The molecule has 2 amide bonds. The van der Waals surface area contributed by atoms with Gasteiger partial charge >= 0.3 is 12.3 Å². The van der Waals surface area contributed by atoms with Gasteiger partial charge in [0.2, 0.25) is 0 Å². The van der Waals surface area contributed by atoms with Crippen LogP contribution in [0.3, 0.4) is 0 Å². The number of nitrogens with one attached hydrogen (secondary N) is 2. The van der Waals surface area contributed by atoms with Gasteiger partial charge in [-0.25, -0.2) is 23.2 Å². The number of carbonyl (C=O) groups is 2. The summed E-state index contributed by atoms with van der Waals surface area (Å²) in [5.41, 5.74) is -2.05. The average molecular weight is 518 g/mol. The second-order valence-corrected chi connectivity index (χ2v) is 7.56. The number of benzene rings is 1. The van der Waals surface area contributed by atoms with Crippen LogP contribution in [0.4, 0.5) is 32.4 Å². The molecule has 1 aromatic carbocycles. The molecule has 0 spiro atoms. The van der Waals surface area contributed by atoms with Gasteiger partial charge < -0.3 is 10.1 Å². The van der Waals surface area contributed by atoms with Gasteiger partial charge in [0.25, 0.3) is 12.3 Å². The Labute approximate surface area is 200 Å². The molecule has 0 aliphatic rings. The van der Waals surface area contributed by atoms with E-state index in [4.69, 9.17) is 16.3 Å². The summed E-state index contributed by atoms with van der Waals surface area (Å²) < 4.78 is 70.6. The zero-order valence-electron chi connectivity index (χ0n) is 17.8. The van der Waals surface area contributed by atoms with E-state index in [0.29, 0.717) is 0 Å². The molecule has 14 heteroatoms.